The second-order valence-corrected chi connectivity index (χ2v) is 19.1. The summed E-state index contributed by atoms with van der Waals surface area (Å²) in [5, 5.41) is 62.8. The molecule has 0 bridgehead atoms. The zero-order valence-electron chi connectivity index (χ0n) is 40.2. The van der Waals surface area contributed by atoms with Gasteiger partial charge in [-0.3, -0.25) is 62.3 Å². The number of carboxylic acids is 1. The summed E-state index contributed by atoms with van der Waals surface area (Å²) in [5.41, 5.74) is 16.6. The largest absolute Gasteiger partial charge is 0.480 e. The van der Waals surface area contributed by atoms with Gasteiger partial charge in [0, 0.05) is 42.7 Å². The van der Waals surface area contributed by atoms with Crippen molar-refractivity contribution in [3.63, 3.8) is 0 Å². The third-order valence-electron chi connectivity index (χ3n) is 10.3. The van der Waals surface area contributed by atoms with Gasteiger partial charge in [-0.2, -0.15) is 0 Å². The number of hydrogen-bond donors (Lipinski definition) is 18. The third-order valence-corrected chi connectivity index (χ3v) is 12.7. The lowest BCUT2D eigenvalue weighted by molar-refractivity contribution is -0.138. The third kappa shape index (κ3) is 22.3. The number of aromatic nitrogens is 2. The van der Waals surface area contributed by atoms with E-state index in [-0.39, 0.29) is 11.4 Å². The van der Waals surface area contributed by atoms with E-state index in [1.54, 1.807) is 0 Å². The number of nitrogens with two attached hydrogens (primary N) is 3. The Morgan fingerprint density at radius 2 is 1.22 bits per heavy atom. The molecule has 2 heterocycles. The summed E-state index contributed by atoms with van der Waals surface area (Å²) in [7, 11) is 1.60. The maximum absolute atomic E-state index is 14.1. The molecule has 32 nitrogen and oxygen atoms in total. The molecule has 1 fully saturated rings. The second-order valence-electron chi connectivity index (χ2n) is 16.5. The molecule has 1 aromatic rings. The molecule has 74 heavy (non-hydrogen) atoms. The number of amides is 12. The van der Waals surface area contributed by atoms with E-state index >= 15 is 0 Å². The molecule has 0 spiro atoms. The Morgan fingerprint density at radius 3 is 1.74 bits per heavy atom. The molecule has 412 valence electrons. The average Bonchev–Trinajstić information content (AvgIpc) is 3.84. The Hall–Kier alpha value is -7.14. The summed E-state index contributed by atoms with van der Waals surface area (Å²) in [5.74, 6) is -15.5. The smallest absolute Gasteiger partial charge is 0.322 e. The predicted octanol–water partition coefficient (Wildman–Crippen LogP) is -9.83. The topological polar surface area (TPSA) is 530 Å². The van der Waals surface area contributed by atoms with E-state index in [1.165, 1.54) is 19.4 Å². The van der Waals surface area contributed by atoms with Crippen LogP contribution in [-0.4, -0.2) is 205 Å². The van der Waals surface area contributed by atoms with Crippen molar-refractivity contribution in [1.82, 2.24) is 63.1 Å². The van der Waals surface area contributed by atoms with E-state index in [1.807, 2.05) is 0 Å². The number of aliphatic hydroxyl groups is 3. The molecule has 0 radical (unpaired) electrons. The van der Waals surface area contributed by atoms with Gasteiger partial charge in [-0.25, -0.2) is 4.98 Å². The molecule has 1 saturated heterocycles. The number of carbonyl (C=O) groups is 13. The van der Waals surface area contributed by atoms with Gasteiger partial charge in [0.15, 0.2) is 0 Å². The van der Waals surface area contributed by atoms with Crippen molar-refractivity contribution in [3.05, 3.63) is 18.2 Å². The fourth-order valence-corrected chi connectivity index (χ4v) is 8.56. The minimum Gasteiger partial charge on any atom is -0.480 e. The Morgan fingerprint density at radius 1 is 0.703 bits per heavy atom. The first-order chi connectivity index (χ1) is 34.7. The maximum Gasteiger partial charge on any atom is 0.322 e. The highest BCUT2D eigenvalue weighted by molar-refractivity contribution is 8.76. The number of nitrogens with zero attached hydrogens (tertiary/aromatic N) is 1. The van der Waals surface area contributed by atoms with Gasteiger partial charge in [0.2, 0.25) is 70.9 Å². The number of nitrogens with one attached hydrogen (secondary N) is 11. The van der Waals surface area contributed by atoms with Crippen LogP contribution in [0.2, 0.25) is 0 Å². The van der Waals surface area contributed by atoms with E-state index < -0.39 is 201 Å². The SMILES string of the molecule is CC(N)C(=O)NC1CSSCC(C(=O)NCC(=O)O)NC(=O)C(CCC(N)=O)NC(=O)C(Cc2cnc[nH]2)NC(=O)C(CCC(N)=O)NC(=O)C(C(C)O)NC(=O)C(CO)NC(=O)CNC(=O)C(C(C)O)NC1=O. The number of primary amides is 2. The van der Waals surface area contributed by atoms with E-state index in [4.69, 9.17) is 17.2 Å². The fourth-order valence-electron chi connectivity index (χ4n) is 6.24. The minimum absolute atomic E-state index is 0.219. The average molecular weight is 1090 g/mol. The molecular weight excluding hydrogens is 1030 g/mol. The number of H-pyrrole nitrogens is 1. The van der Waals surface area contributed by atoms with Crippen LogP contribution in [-0.2, 0) is 68.7 Å². The minimum atomic E-state index is -1.95. The highest BCUT2D eigenvalue weighted by atomic mass is 33.1. The zero-order valence-corrected chi connectivity index (χ0v) is 41.8. The van der Waals surface area contributed by atoms with Crippen molar-refractivity contribution in [1.29, 1.82) is 0 Å². The molecule has 1 aromatic heterocycles. The second kappa shape index (κ2) is 31.4. The molecule has 0 aliphatic carbocycles. The summed E-state index contributed by atoms with van der Waals surface area (Å²) in [6.45, 7) is 0.430. The molecule has 1 aliphatic heterocycles. The Labute approximate surface area is 429 Å². The zero-order chi connectivity index (χ0) is 55.8. The van der Waals surface area contributed by atoms with Crippen LogP contribution in [0.25, 0.3) is 0 Å². The Balaban J connectivity index is 2.74. The van der Waals surface area contributed by atoms with Crippen LogP contribution in [0.15, 0.2) is 12.5 Å². The van der Waals surface area contributed by atoms with Crippen molar-refractivity contribution in [2.24, 2.45) is 17.2 Å². The highest BCUT2D eigenvalue weighted by Gasteiger charge is 2.36. The standard InChI is InChI=1S/C40H63N15O17S2/c1-16(41)32(64)52-25-14-74-73-13-24(33(65)46-11-29(62)63)53-35(67)20(4-6-26(42)59)49-36(68)22(8-19-9-44-15-47-19)51-34(66)21(5-7-27(43)60)50-40(72)31(18(3)58)55-37(69)23(12-56)48-28(61)10-45-39(71)30(17(2)57)54-38(25)70/h9,15-18,20-25,30-31,56-58H,4-8,10-14,41H2,1-3H3,(H2,42,59)(H2,43,60)(H,44,47)(H,45,71)(H,46,65)(H,48,61)(H,49,68)(H,50,72)(H,51,66)(H,52,64)(H,53,67)(H,54,70)(H,55,69)(H,62,63). The van der Waals surface area contributed by atoms with Crippen molar-refractivity contribution in [2.45, 2.75) is 119 Å². The summed E-state index contributed by atoms with van der Waals surface area (Å²) in [6.07, 6.45) is -3.50. The number of aromatic amines is 1. The van der Waals surface area contributed by atoms with Crippen LogP contribution in [0.4, 0.5) is 0 Å². The molecule has 0 saturated carbocycles. The van der Waals surface area contributed by atoms with Gasteiger partial charge >= 0.3 is 5.97 Å². The summed E-state index contributed by atoms with van der Waals surface area (Å²) < 4.78 is 0. The molecule has 1 aliphatic rings. The van der Waals surface area contributed by atoms with Gasteiger partial charge in [-0.1, -0.05) is 21.6 Å². The maximum atomic E-state index is 14.1. The van der Waals surface area contributed by atoms with E-state index in [9.17, 15) is 82.8 Å². The van der Waals surface area contributed by atoms with E-state index in [2.05, 4.69) is 63.1 Å². The molecule has 0 aromatic carbocycles. The van der Waals surface area contributed by atoms with Gasteiger partial charge in [-0.15, -0.1) is 0 Å². The first-order valence-corrected chi connectivity index (χ1v) is 24.9. The first-order valence-electron chi connectivity index (χ1n) is 22.4. The van der Waals surface area contributed by atoms with Gasteiger partial charge in [-0.05, 0) is 33.6 Å². The molecule has 11 unspecified atom stereocenters. The van der Waals surface area contributed by atoms with Gasteiger partial charge in [0.05, 0.1) is 37.7 Å². The monoisotopic (exact) mass is 1090 g/mol. The van der Waals surface area contributed by atoms with E-state index in [0.29, 0.717) is 0 Å². The summed E-state index contributed by atoms with van der Waals surface area (Å²) in [4.78, 5) is 177. The number of aliphatic hydroxyl groups excluding tert-OH is 3. The van der Waals surface area contributed by atoms with Crippen LogP contribution in [0.1, 0.15) is 52.1 Å². The number of carboxylic acid groups (broad SMARTS) is 1. The number of rotatable bonds is 16. The van der Waals surface area contributed by atoms with Gasteiger partial charge < -0.3 is 95.8 Å². The molecule has 34 heteroatoms. The lowest BCUT2D eigenvalue weighted by atomic mass is 10.0. The molecule has 11 atom stereocenters. The van der Waals surface area contributed by atoms with Crippen molar-refractivity contribution in [2.75, 3.05) is 31.2 Å². The lowest BCUT2D eigenvalue weighted by Crippen LogP contribution is -2.62. The Bertz CT molecular complexity index is 2190. The van der Waals surface area contributed by atoms with Crippen molar-refractivity contribution >= 4 is 98.4 Å². The molecule has 12 amide bonds. The van der Waals surface area contributed by atoms with Crippen molar-refractivity contribution in [3.8, 4) is 0 Å². The summed E-state index contributed by atoms with van der Waals surface area (Å²) >= 11 is 0. The fraction of sp³-hybridized carbons (Fsp3) is 0.600. The normalized spacial score (nSPS) is 25.1. The van der Waals surface area contributed by atoms with Crippen LogP contribution in [0.5, 0.6) is 0 Å². The predicted molar refractivity (Wildman–Crippen MR) is 257 cm³/mol. The van der Waals surface area contributed by atoms with Crippen LogP contribution in [0, 0.1) is 0 Å². The number of aliphatic carboxylic acids is 1. The Kier molecular flexibility index (Phi) is 26.8. The van der Waals surface area contributed by atoms with Crippen LogP contribution < -0.4 is 70.4 Å². The first kappa shape index (κ1) is 63.0. The number of hydrogen-bond acceptors (Lipinski definition) is 20. The van der Waals surface area contributed by atoms with Gasteiger partial charge in [0.25, 0.3) is 0 Å². The van der Waals surface area contributed by atoms with E-state index in [0.717, 1.165) is 35.4 Å². The molecular formula is C40H63N15O17S2. The lowest BCUT2D eigenvalue weighted by Gasteiger charge is -2.28. The number of imidazole rings is 1. The summed E-state index contributed by atoms with van der Waals surface area (Å²) in [6, 6.07) is -15.1. The van der Waals surface area contributed by atoms with Crippen LogP contribution in [0.3, 0.4) is 0 Å². The molecule has 2 rings (SSSR count). The molecule has 21 N–H and O–H groups in total. The van der Waals surface area contributed by atoms with Crippen molar-refractivity contribution < 1.29 is 82.8 Å². The van der Waals surface area contributed by atoms with Gasteiger partial charge in [0.1, 0.15) is 54.9 Å². The van der Waals surface area contributed by atoms with Crippen LogP contribution >= 0.6 is 21.6 Å². The highest BCUT2D eigenvalue weighted by Crippen LogP contribution is 2.24. The number of carbonyl (C=O) groups excluding carboxylic acids is 12. The quantitative estimate of drug-likeness (QED) is 0.0684.